The van der Waals surface area contributed by atoms with E-state index in [1.54, 1.807) is 6.92 Å². The first-order valence-corrected chi connectivity index (χ1v) is 6.70. The van der Waals surface area contributed by atoms with E-state index >= 15 is 0 Å². The molecule has 0 amide bonds. The van der Waals surface area contributed by atoms with Gasteiger partial charge in [0.15, 0.2) is 0 Å². The maximum atomic E-state index is 5.84. The fraction of sp³-hybridized carbons (Fsp3) is 0.273. The molecule has 0 fully saturated rings. The van der Waals surface area contributed by atoms with Gasteiger partial charge in [0.25, 0.3) is 5.22 Å². The number of hydrogen-bond donors (Lipinski definition) is 1. The molecule has 1 aromatic carbocycles. The zero-order valence-electron chi connectivity index (χ0n) is 9.48. The Bertz CT molecular complexity index is 527. The van der Waals surface area contributed by atoms with Crippen molar-refractivity contribution in [1.82, 2.24) is 10.2 Å². The van der Waals surface area contributed by atoms with E-state index in [9.17, 15) is 0 Å². The highest BCUT2D eigenvalue weighted by Gasteiger charge is 2.09. The predicted octanol–water partition coefficient (Wildman–Crippen LogP) is 3.31. The van der Waals surface area contributed by atoms with Gasteiger partial charge in [-0.2, -0.15) is 0 Å². The van der Waals surface area contributed by atoms with Crippen molar-refractivity contribution in [3.8, 4) is 0 Å². The molecule has 0 aliphatic heterocycles. The Labute approximate surface area is 112 Å². The van der Waals surface area contributed by atoms with Crippen LogP contribution in [-0.4, -0.2) is 10.2 Å². The van der Waals surface area contributed by atoms with Crippen molar-refractivity contribution in [2.24, 2.45) is 5.73 Å². The van der Waals surface area contributed by atoms with E-state index < -0.39 is 0 Å². The Balaban J connectivity index is 2.20. The SMILES string of the molecule is Cc1nnc(Sc2ccc([C@H](C)N)c(Br)c2)o1. The average molecular weight is 314 g/mol. The second-order valence-corrected chi connectivity index (χ2v) is 5.54. The maximum absolute atomic E-state index is 5.84. The highest BCUT2D eigenvalue weighted by atomic mass is 79.9. The molecule has 1 heterocycles. The lowest BCUT2D eigenvalue weighted by Crippen LogP contribution is -2.05. The third kappa shape index (κ3) is 3.08. The third-order valence-electron chi connectivity index (χ3n) is 2.18. The van der Waals surface area contributed by atoms with Crippen LogP contribution in [0.1, 0.15) is 24.4 Å². The van der Waals surface area contributed by atoms with Crippen molar-refractivity contribution in [1.29, 1.82) is 0 Å². The summed E-state index contributed by atoms with van der Waals surface area (Å²) in [7, 11) is 0. The molecule has 90 valence electrons. The standard InChI is InChI=1S/C11H12BrN3OS/c1-6(13)9-4-3-8(5-10(9)12)17-11-15-14-7(2)16-11/h3-6H,13H2,1-2H3/t6-/m0/s1. The summed E-state index contributed by atoms with van der Waals surface area (Å²) in [5.74, 6) is 0.568. The average Bonchev–Trinajstić information content (AvgIpc) is 2.63. The summed E-state index contributed by atoms with van der Waals surface area (Å²) in [5.41, 5.74) is 6.92. The van der Waals surface area contributed by atoms with Crippen LogP contribution in [0.2, 0.25) is 0 Å². The van der Waals surface area contributed by atoms with Gasteiger partial charge in [-0.05, 0) is 36.4 Å². The third-order valence-corrected chi connectivity index (χ3v) is 3.69. The van der Waals surface area contributed by atoms with Crippen molar-refractivity contribution in [3.05, 3.63) is 34.1 Å². The van der Waals surface area contributed by atoms with Gasteiger partial charge in [-0.3, -0.25) is 0 Å². The number of hydrogen-bond acceptors (Lipinski definition) is 5. The summed E-state index contributed by atoms with van der Waals surface area (Å²) < 4.78 is 6.30. The molecule has 2 N–H and O–H groups in total. The van der Waals surface area contributed by atoms with Crippen LogP contribution in [0.25, 0.3) is 0 Å². The molecule has 0 saturated carbocycles. The normalized spacial score (nSPS) is 12.7. The fourth-order valence-corrected chi connectivity index (χ4v) is 3.01. The molecular formula is C11H12BrN3OS. The molecule has 17 heavy (non-hydrogen) atoms. The molecule has 0 unspecified atom stereocenters. The van der Waals surface area contributed by atoms with Gasteiger partial charge in [0, 0.05) is 22.3 Å². The lowest BCUT2D eigenvalue weighted by molar-refractivity contribution is 0.429. The van der Waals surface area contributed by atoms with E-state index in [-0.39, 0.29) is 6.04 Å². The van der Waals surface area contributed by atoms with Gasteiger partial charge in [-0.15, -0.1) is 10.2 Å². The molecule has 1 atom stereocenters. The van der Waals surface area contributed by atoms with Crippen LogP contribution >= 0.6 is 27.7 Å². The second-order valence-electron chi connectivity index (χ2n) is 3.66. The number of nitrogens with two attached hydrogens (primary N) is 1. The number of halogens is 1. The minimum absolute atomic E-state index is 0.00840. The zero-order chi connectivity index (χ0) is 12.4. The van der Waals surface area contributed by atoms with Crippen LogP contribution in [0.4, 0.5) is 0 Å². The minimum Gasteiger partial charge on any atom is -0.416 e. The highest BCUT2D eigenvalue weighted by molar-refractivity contribution is 9.10. The molecular weight excluding hydrogens is 302 g/mol. The Morgan fingerprint density at radius 2 is 2.18 bits per heavy atom. The highest BCUT2D eigenvalue weighted by Crippen LogP contribution is 2.31. The molecule has 1 aromatic heterocycles. The second kappa shape index (κ2) is 5.20. The Morgan fingerprint density at radius 3 is 2.71 bits per heavy atom. The fourth-order valence-electron chi connectivity index (χ4n) is 1.36. The van der Waals surface area contributed by atoms with Gasteiger partial charge in [-0.1, -0.05) is 22.0 Å². The molecule has 2 aromatic rings. The van der Waals surface area contributed by atoms with Crippen molar-refractivity contribution in [2.45, 2.75) is 30.0 Å². The molecule has 0 bridgehead atoms. The zero-order valence-corrected chi connectivity index (χ0v) is 11.9. The first-order valence-electron chi connectivity index (χ1n) is 5.09. The maximum Gasteiger partial charge on any atom is 0.281 e. The van der Waals surface area contributed by atoms with Gasteiger partial charge in [0.2, 0.25) is 5.89 Å². The van der Waals surface area contributed by atoms with E-state index in [1.807, 2.05) is 25.1 Å². The monoisotopic (exact) mass is 313 g/mol. The van der Waals surface area contributed by atoms with Gasteiger partial charge >= 0.3 is 0 Å². The summed E-state index contributed by atoms with van der Waals surface area (Å²) in [5, 5.41) is 8.26. The van der Waals surface area contributed by atoms with Crippen molar-refractivity contribution >= 4 is 27.7 Å². The summed E-state index contributed by atoms with van der Waals surface area (Å²) in [6.45, 7) is 3.72. The largest absolute Gasteiger partial charge is 0.416 e. The first-order chi connectivity index (χ1) is 8.06. The Morgan fingerprint density at radius 1 is 1.41 bits per heavy atom. The van der Waals surface area contributed by atoms with E-state index in [2.05, 4.69) is 26.1 Å². The molecule has 0 saturated heterocycles. The summed E-state index contributed by atoms with van der Waals surface area (Å²) in [6.07, 6.45) is 0. The van der Waals surface area contributed by atoms with Gasteiger partial charge in [0.05, 0.1) is 0 Å². The molecule has 6 heteroatoms. The van der Waals surface area contributed by atoms with Gasteiger partial charge in [-0.25, -0.2) is 0 Å². The number of aromatic nitrogens is 2. The van der Waals surface area contributed by atoms with E-state index in [0.717, 1.165) is 14.9 Å². The summed E-state index contributed by atoms with van der Waals surface area (Å²) in [6, 6.07) is 6.01. The smallest absolute Gasteiger partial charge is 0.281 e. The van der Waals surface area contributed by atoms with Crippen molar-refractivity contribution in [2.75, 3.05) is 0 Å². The molecule has 0 radical (unpaired) electrons. The van der Waals surface area contributed by atoms with E-state index in [4.69, 9.17) is 10.2 Å². The molecule has 0 aliphatic rings. The number of benzene rings is 1. The lowest BCUT2D eigenvalue weighted by Gasteiger charge is -2.09. The van der Waals surface area contributed by atoms with Gasteiger partial charge < -0.3 is 10.2 Å². The minimum atomic E-state index is 0.00840. The van der Waals surface area contributed by atoms with E-state index in [1.165, 1.54) is 11.8 Å². The molecule has 4 nitrogen and oxygen atoms in total. The summed E-state index contributed by atoms with van der Waals surface area (Å²) in [4.78, 5) is 1.03. The predicted molar refractivity (Wildman–Crippen MR) is 69.9 cm³/mol. The number of aryl methyl sites for hydroxylation is 1. The van der Waals surface area contributed by atoms with Crippen LogP contribution in [0, 0.1) is 6.92 Å². The topological polar surface area (TPSA) is 64.9 Å². The quantitative estimate of drug-likeness (QED) is 0.941. The van der Waals surface area contributed by atoms with E-state index in [0.29, 0.717) is 11.1 Å². The van der Waals surface area contributed by atoms with Crippen LogP contribution in [0.5, 0.6) is 0 Å². The lowest BCUT2D eigenvalue weighted by atomic mass is 10.1. The number of nitrogens with zero attached hydrogens (tertiary/aromatic N) is 2. The van der Waals surface area contributed by atoms with Crippen molar-refractivity contribution < 1.29 is 4.42 Å². The molecule has 2 rings (SSSR count). The molecule has 0 spiro atoms. The summed E-state index contributed by atoms with van der Waals surface area (Å²) >= 11 is 4.94. The van der Waals surface area contributed by atoms with Crippen LogP contribution in [0.3, 0.4) is 0 Å². The van der Waals surface area contributed by atoms with Crippen LogP contribution in [-0.2, 0) is 0 Å². The number of rotatable bonds is 3. The van der Waals surface area contributed by atoms with Crippen LogP contribution < -0.4 is 5.73 Å². The van der Waals surface area contributed by atoms with Crippen LogP contribution in [0.15, 0.2) is 37.2 Å². The first kappa shape index (κ1) is 12.6. The Hall–Kier alpha value is -0.850. The van der Waals surface area contributed by atoms with Crippen molar-refractivity contribution in [3.63, 3.8) is 0 Å². The van der Waals surface area contributed by atoms with Gasteiger partial charge in [0.1, 0.15) is 0 Å². The Kier molecular flexibility index (Phi) is 3.86. The molecule has 0 aliphatic carbocycles.